The van der Waals surface area contributed by atoms with Gasteiger partial charge < -0.3 is 18.5 Å². The standard InChI is InChI=1S/C14H8Cl2N2O4/c15-13-14(16)18(5-17-13)4-7-1-12(19)22-9-3-11-10(2-8(7)9)20-6-21-11/h1-3,5H,4,6H2. The van der Waals surface area contributed by atoms with Crippen LogP contribution in [-0.2, 0) is 6.54 Å². The molecule has 0 unspecified atom stereocenters. The van der Waals surface area contributed by atoms with Gasteiger partial charge in [0.2, 0.25) is 6.79 Å². The number of hydrogen-bond acceptors (Lipinski definition) is 5. The molecule has 0 N–H and O–H groups in total. The lowest BCUT2D eigenvalue weighted by atomic mass is 10.1. The number of nitrogens with zero attached hydrogens (tertiary/aromatic N) is 2. The minimum atomic E-state index is -0.455. The Morgan fingerprint density at radius 1 is 1.18 bits per heavy atom. The highest BCUT2D eigenvalue weighted by Gasteiger charge is 2.18. The molecule has 8 heteroatoms. The lowest BCUT2D eigenvalue weighted by molar-refractivity contribution is 0.174. The average Bonchev–Trinajstić information content (AvgIpc) is 3.06. The Morgan fingerprint density at radius 2 is 1.95 bits per heavy atom. The summed E-state index contributed by atoms with van der Waals surface area (Å²) in [6.07, 6.45) is 1.51. The lowest BCUT2D eigenvalue weighted by Gasteiger charge is -2.08. The Bertz CT molecular complexity index is 948. The molecule has 0 atom stereocenters. The molecule has 0 aliphatic carbocycles. The van der Waals surface area contributed by atoms with E-state index in [1.54, 1.807) is 16.7 Å². The van der Waals surface area contributed by atoms with E-state index in [9.17, 15) is 4.79 Å². The first-order valence-corrected chi connectivity index (χ1v) is 7.10. The molecule has 1 aliphatic heterocycles. The van der Waals surface area contributed by atoms with E-state index in [4.69, 9.17) is 37.1 Å². The number of imidazole rings is 1. The van der Waals surface area contributed by atoms with Gasteiger partial charge in [-0.05, 0) is 11.6 Å². The van der Waals surface area contributed by atoms with Crippen molar-refractivity contribution in [1.29, 1.82) is 0 Å². The third-order valence-electron chi connectivity index (χ3n) is 3.40. The molecule has 3 heterocycles. The summed E-state index contributed by atoms with van der Waals surface area (Å²) in [4.78, 5) is 15.7. The predicted molar refractivity (Wildman–Crippen MR) is 80.0 cm³/mol. The maximum atomic E-state index is 11.8. The maximum absolute atomic E-state index is 11.8. The van der Waals surface area contributed by atoms with Crippen molar-refractivity contribution < 1.29 is 13.9 Å². The smallest absolute Gasteiger partial charge is 0.336 e. The highest BCUT2D eigenvalue weighted by Crippen LogP contribution is 2.37. The largest absolute Gasteiger partial charge is 0.454 e. The second-order valence-electron chi connectivity index (χ2n) is 4.75. The molecule has 3 aromatic rings. The summed E-state index contributed by atoms with van der Waals surface area (Å²) in [5, 5.41) is 1.26. The van der Waals surface area contributed by atoms with Gasteiger partial charge in [-0.15, -0.1) is 0 Å². The zero-order valence-corrected chi connectivity index (χ0v) is 12.5. The van der Waals surface area contributed by atoms with Crippen LogP contribution >= 0.6 is 23.2 Å². The van der Waals surface area contributed by atoms with Crippen molar-refractivity contribution >= 4 is 34.2 Å². The van der Waals surface area contributed by atoms with Gasteiger partial charge in [0.15, 0.2) is 16.7 Å². The number of rotatable bonds is 2. The summed E-state index contributed by atoms with van der Waals surface area (Å²) in [7, 11) is 0. The second-order valence-corrected chi connectivity index (χ2v) is 5.46. The van der Waals surface area contributed by atoms with Gasteiger partial charge in [-0.3, -0.25) is 0 Å². The topological polar surface area (TPSA) is 66.5 Å². The van der Waals surface area contributed by atoms with Crippen molar-refractivity contribution in [3.63, 3.8) is 0 Å². The van der Waals surface area contributed by atoms with Gasteiger partial charge in [-0.25, -0.2) is 9.78 Å². The second kappa shape index (κ2) is 4.93. The van der Waals surface area contributed by atoms with Gasteiger partial charge in [0.1, 0.15) is 10.7 Å². The zero-order valence-electron chi connectivity index (χ0n) is 11.0. The van der Waals surface area contributed by atoms with Crippen LogP contribution in [0.25, 0.3) is 11.0 Å². The fraction of sp³-hybridized carbons (Fsp3) is 0.143. The molecular formula is C14H8Cl2N2O4. The molecule has 0 saturated heterocycles. The maximum Gasteiger partial charge on any atom is 0.336 e. The number of halogens is 2. The first-order valence-electron chi connectivity index (χ1n) is 6.34. The van der Waals surface area contributed by atoms with Gasteiger partial charge in [-0.1, -0.05) is 23.2 Å². The van der Waals surface area contributed by atoms with Crippen LogP contribution in [0.15, 0.2) is 33.7 Å². The summed E-state index contributed by atoms with van der Waals surface area (Å²) in [5.74, 6) is 1.16. The molecule has 0 radical (unpaired) electrons. The van der Waals surface area contributed by atoms with Crippen LogP contribution in [0.3, 0.4) is 0 Å². The molecule has 2 aromatic heterocycles. The average molecular weight is 339 g/mol. The van der Waals surface area contributed by atoms with Crippen molar-refractivity contribution in [2.45, 2.75) is 6.54 Å². The van der Waals surface area contributed by atoms with E-state index in [2.05, 4.69) is 4.98 Å². The molecular weight excluding hydrogens is 331 g/mol. The number of fused-ring (bicyclic) bond motifs is 2. The van der Waals surface area contributed by atoms with Gasteiger partial charge in [0, 0.05) is 17.5 Å². The highest BCUT2D eigenvalue weighted by atomic mass is 35.5. The quantitative estimate of drug-likeness (QED) is 0.672. The van der Waals surface area contributed by atoms with Crippen LogP contribution in [0.1, 0.15) is 5.56 Å². The monoisotopic (exact) mass is 338 g/mol. The minimum absolute atomic E-state index is 0.147. The summed E-state index contributed by atoms with van der Waals surface area (Å²) in [5.41, 5.74) is 0.693. The molecule has 1 aliphatic rings. The van der Waals surface area contributed by atoms with Gasteiger partial charge in [-0.2, -0.15) is 0 Å². The molecule has 0 amide bonds. The van der Waals surface area contributed by atoms with Crippen molar-refractivity contribution in [3.8, 4) is 11.5 Å². The summed E-state index contributed by atoms with van der Waals surface area (Å²) in [6.45, 7) is 0.481. The Morgan fingerprint density at radius 3 is 2.68 bits per heavy atom. The molecule has 0 fully saturated rings. The molecule has 4 rings (SSSR count). The molecule has 0 saturated carbocycles. The van der Waals surface area contributed by atoms with Crippen molar-refractivity contribution in [2.75, 3.05) is 6.79 Å². The summed E-state index contributed by atoms with van der Waals surface area (Å²) < 4.78 is 17.5. The number of hydrogen-bond donors (Lipinski definition) is 0. The van der Waals surface area contributed by atoms with Crippen LogP contribution in [-0.4, -0.2) is 16.3 Å². The van der Waals surface area contributed by atoms with E-state index in [-0.39, 0.29) is 11.9 Å². The first-order chi connectivity index (χ1) is 10.6. The zero-order chi connectivity index (χ0) is 15.3. The van der Waals surface area contributed by atoms with Crippen molar-refractivity contribution in [1.82, 2.24) is 9.55 Å². The third-order valence-corrected chi connectivity index (χ3v) is 4.17. The number of ether oxygens (including phenoxy) is 2. The van der Waals surface area contributed by atoms with Crippen LogP contribution in [0.5, 0.6) is 11.5 Å². The third kappa shape index (κ3) is 2.12. The van der Waals surface area contributed by atoms with E-state index in [1.807, 2.05) is 0 Å². The van der Waals surface area contributed by atoms with E-state index in [1.165, 1.54) is 12.4 Å². The number of benzene rings is 1. The van der Waals surface area contributed by atoms with Crippen LogP contribution < -0.4 is 15.1 Å². The van der Waals surface area contributed by atoms with E-state index in [0.717, 1.165) is 10.9 Å². The Balaban J connectivity index is 1.89. The highest BCUT2D eigenvalue weighted by molar-refractivity contribution is 6.40. The molecule has 22 heavy (non-hydrogen) atoms. The minimum Gasteiger partial charge on any atom is -0.454 e. The Labute approximate surface area is 133 Å². The van der Waals surface area contributed by atoms with Crippen LogP contribution in [0.2, 0.25) is 10.3 Å². The van der Waals surface area contributed by atoms with Crippen molar-refractivity contribution in [2.24, 2.45) is 0 Å². The fourth-order valence-corrected chi connectivity index (χ4v) is 2.69. The molecule has 112 valence electrons. The predicted octanol–water partition coefficient (Wildman–Crippen LogP) is 3.07. The Hall–Kier alpha value is -2.18. The summed E-state index contributed by atoms with van der Waals surface area (Å²) >= 11 is 11.9. The van der Waals surface area contributed by atoms with Crippen LogP contribution in [0, 0.1) is 0 Å². The van der Waals surface area contributed by atoms with Gasteiger partial charge >= 0.3 is 5.63 Å². The van der Waals surface area contributed by atoms with Crippen molar-refractivity contribution in [3.05, 3.63) is 50.8 Å². The normalized spacial score (nSPS) is 13.0. The van der Waals surface area contributed by atoms with Gasteiger partial charge in [0.05, 0.1) is 12.9 Å². The number of aromatic nitrogens is 2. The van der Waals surface area contributed by atoms with E-state index >= 15 is 0 Å². The SMILES string of the molecule is O=c1cc(Cn2cnc(Cl)c2Cl)c2cc3c(cc2o1)OCO3. The van der Waals surface area contributed by atoms with E-state index in [0.29, 0.717) is 28.8 Å². The fourth-order valence-electron chi connectivity index (χ4n) is 2.38. The molecule has 0 spiro atoms. The van der Waals surface area contributed by atoms with Crippen LogP contribution in [0.4, 0.5) is 0 Å². The molecule has 6 nitrogen and oxygen atoms in total. The Kier molecular flexibility index (Phi) is 3.02. The molecule has 0 bridgehead atoms. The van der Waals surface area contributed by atoms with Gasteiger partial charge in [0.25, 0.3) is 0 Å². The summed E-state index contributed by atoms with van der Waals surface area (Å²) in [6, 6.07) is 4.84. The van der Waals surface area contributed by atoms with E-state index < -0.39 is 5.63 Å². The lowest BCUT2D eigenvalue weighted by Crippen LogP contribution is -2.05. The molecule has 1 aromatic carbocycles. The first kappa shape index (κ1) is 13.5.